The molecule has 1 fully saturated rings. The maximum atomic E-state index is 5.86. The number of nitrogens with zero attached hydrogens (tertiary/aromatic N) is 2. The first-order valence-electron chi connectivity index (χ1n) is 7.81. The molecule has 0 spiro atoms. The number of ether oxygens (including phenoxy) is 2. The fourth-order valence-corrected chi connectivity index (χ4v) is 2.79. The molecule has 0 N–H and O–H groups in total. The summed E-state index contributed by atoms with van der Waals surface area (Å²) >= 11 is 0. The summed E-state index contributed by atoms with van der Waals surface area (Å²) in [5.74, 6) is 1.63. The lowest BCUT2D eigenvalue weighted by atomic mass is 10.1. The molecule has 116 valence electrons. The van der Waals surface area contributed by atoms with Gasteiger partial charge in [-0.15, -0.1) is 0 Å². The highest BCUT2D eigenvalue weighted by atomic mass is 16.5. The van der Waals surface area contributed by atoms with E-state index in [0.29, 0.717) is 6.61 Å². The Morgan fingerprint density at radius 3 is 2.73 bits per heavy atom. The molecular weight excluding hydrogens is 276 g/mol. The summed E-state index contributed by atoms with van der Waals surface area (Å²) in [7, 11) is 1.68. The molecule has 0 bridgehead atoms. The fraction of sp³-hybridized carbons (Fsp3) is 0.389. The molecule has 22 heavy (non-hydrogen) atoms. The van der Waals surface area contributed by atoms with Crippen molar-refractivity contribution < 1.29 is 9.47 Å². The number of rotatable bonds is 6. The number of hydrogen-bond acceptors (Lipinski definition) is 4. The zero-order valence-corrected chi connectivity index (χ0v) is 13.0. The van der Waals surface area contributed by atoms with Gasteiger partial charge in [-0.05, 0) is 50.2 Å². The second kappa shape index (κ2) is 7.27. The molecule has 4 heteroatoms. The lowest BCUT2D eigenvalue weighted by Crippen LogP contribution is -2.25. The van der Waals surface area contributed by atoms with Gasteiger partial charge in [-0.3, -0.25) is 9.88 Å². The lowest BCUT2D eigenvalue weighted by Gasteiger charge is -2.16. The van der Waals surface area contributed by atoms with Gasteiger partial charge in [0.15, 0.2) is 0 Å². The van der Waals surface area contributed by atoms with Crippen LogP contribution in [0.1, 0.15) is 12.8 Å². The zero-order valence-electron chi connectivity index (χ0n) is 13.0. The number of aromatic nitrogens is 1. The Kier molecular flexibility index (Phi) is 4.91. The molecule has 1 aromatic carbocycles. The first kappa shape index (κ1) is 14.9. The van der Waals surface area contributed by atoms with E-state index in [1.54, 1.807) is 13.3 Å². The number of likely N-dealkylation sites (tertiary alicyclic amines) is 1. The Labute approximate surface area is 131 Å². The van der Waals surface area contributed by atoms with Gasteiger partial charge in [0.2, 0.25) is 0 Å². The van der Waals surface area contributed by atoms with Crippen molar-refractivity contribution in [1.82, 2.24) is 9.88 Å². The highest BCUT2D eigenvalue weighted by molar-refractivity contribution is 5.68. The van der Waals surface area contributed by atoms with Gasteiger partial charge in [0.05, 0.1) is 12.8 Å². The molecular formula is C18H22N2O2. The molecule has 3 rings (SSSR count). The number of hydrogen-bond donors (Lipinski definition) is 0. The topological polar surface area (TPSA) is 34.6 Å². The van der Waals surface area contributed by atoms with Gasteiger partial charge in [0.1, 0.15) is 18.1 Å². The van der Waals surface area contributed by atoms with Crippen LogP contribution in [0.4, 0.5) is 0 Å². The Hall–Kier alpha value is -2.07. The number of pyridine rings is 1. The Balaban J connectivity index is 1.66. The molecule has 0 radical (unpaired) electrons. The van der Waals surface area contributed by atoms with Crippen molar-refractivity contribution in [3.63, 3.8) is 0 Å². The van der Waals surface area contributed by atoms with Crippen LogP contribution in [0.3, 0.4) is 0 Å². The third-order valence-electron chi connectivity index (χ3n) is 3.99. The lowest BCUT2D eigenvalue weighted by molar-refractivity contribution is 0.237. The molecule has 1 aromatic heterocycles. The first-order valence-corrected chi connectivity index (χ1v) is 7.81. The molecule has 1 aliphatic heterocycles. The minimum absolute atomic E-state index is 0.714. The summed E-state index contributed by atoms with van der Waals surface area (Å²) in [5.41, 5.74) is 1.89. The van der Waals surface area contributed by atoms with E-state index in [-0.39, 0.29) is 0 Å². The van der Waals surface area contributed by atoms with Crippen LogP contribution in [0.25, 0.3) is 11.3 Å². The molecule has 0 unspecified atom stereocenters. The Morgan fingerprint density at radius 1 is 1.14 bits per heavy atom. The fourth-order valence-electron chi connectivity index (χ4n) is 2.79. The largest absolute Gasteiger partial charge is 0.496 e. The predicted octanol–water partition coefficient (Wildman–Crippen LogP) is 3.23. The maximum Gasteiger partial charge on any atom is 0.131 e. The van der Waals surface area contributed by atoms with Gasteiger partial charge in [0, 0.05) is 24.4 Å². The summed E-state index contributed by atoms with van der Waals surface area (Å²) in [6.07, 6.45) is 4.41. The number of methoxy groups -OCH3 is 1. The van der Waals surface area contributed by atoms with E-state index in [1.165, 1.54) is 25.9 Å². The quantitative estimate of drug-likeness (QED) is 0.820. The second-order valence-electron chi connectivity index (χ2n) is 5.47. The van der Waals surface area contributed by atoms with Crippen molar-refractivity contribution in [2.24, 2.45) is 0 Å². The smallest absolute Gasteiger partial charge is 0.131 e. The normalized spacial score (nSPS) is 15.0. The van der Waals surface area contributed by atoms with E-state index < -0.39 is 0 Å². The van der Waals surface area contributed by atoms with Gasteiger partial charge in [-0.25, -0.2) is 0 Å². The van der Waals surface area contributed by atoms with Gasteiger partial charge < -0.3 is 9.47 Å². The van der Waals surface area contributed by atoms with E-state index >= 15 is 0 Å². The zero-order chi connectivity index (χ0) is 15.2. The van der Waals surface area contributed by atoms with Crippen molar-refractivity contribution in [3.05, 3.63) is 42.6 Å². The standard InChI is InChI=1S/C18H22N2O2/c1-21-18-14-15(22-13-12-20-10-4-5-11-20)7-8-16(18)17-6-2-3-9-19-17/h2-3,6-9,14H,4-5,10-13H2,1H3. The maximum absolute atomic E-state index is 5.86. The van der Waals surface area contributed by atoms with Crippen LogP contribution in [-0.2, 0) is 0 Å². The third kappa shape index (κ3) is 3.57. The van der Waals surface area contributed by atoms with Crippen LogP contribution in [0.5, 0.6) is 11.5 Å². The van der Waals surface area contributed by atoms with E-state index in [1.807, 2.05) is 36.4 Å². The van der Waals surface area contributed by atoms with Crippen molar-refractivity contribution in [3.8, 4) is 22.8 Å². The van der Waals surface area contributed by atoms with Crippen LogP contribution in [-0.4, -0.2) is 43.2 Å². The van der Waals surface area contributed by atoms with Crippen LogP contribution in [0.2, 0.25) is 0 Å². The van der Waals surface area contributed by atoms with Crippen molar-refractivity contribution >= 4 is 0 Å². The van der Waals surface area contributed by atoms with Gasteiger partial charge in [0.25, 0.3) is 0 Å². The second-order valence-corrected chi connectivity index (χ2v) is 5.47. The molecule has 1 aliphatic rings. The molecule has 0 aliphatic carbocycles. The van der Waals surface area contributed by atoms with E-state index in [4.69, 9.17) is 9.47 Å². The minimum Gasteiger partial charge on any atom is -0.496 e. The van der Waals surface area contributed by atoms with E-state index in [0.717, 1.165) is 29.3 Å². The van der Waals surface area contributed by atoms with E-state index in [2.05, 4.69) is 9.88 Å². The highest BCUT2D eigenvalue weighted by Crippen LogP contribution is 2.32. The summed E-state index contributed by atoms with van der Waals surface area (Å²) < 4.78 is 11.3. The SMILES string of the molecule is COc1cc(OCCN2CCCC2)ccc1-c1ccccn1. The minimum atomic E-state index is 0.714. The molecule has 4 nitrogen and oxygen atoms in total. The van der Waals surface area contributed by atoms with Crippen LogP contribution in [0.15, 0.2) is 42.6 Å². The van der Waals surface area contributed by atoms with Crippen LogP contribution in [0, 0.1) is 0 Å². The Bertz CT molecular complexity index is 595. The summed E-state index contributed by atoms with van der Waals surface area (Å²) in [4.78, 5) is 6.82. The van der Waals surface area contributed by atoms with Crippen LogP contribution >= 0.6 is 0 Å². The van der Waals surface area contributed by atoms with Crippen molar-refractivity contribution in [2.45, 2.75) is 12.8 Å². The van der Waals surface area contributed by atoms with Gasteiger partial charge >= 0.3 is 0 Å². The summed E-state index contributed by atoms with van der Waals surface area (Å²) in [6, 6.07) is 11.8. The highest BCUT2D eigenvalue weighted by Gasteiger charge is 2.12. The Morgan fingerprint density at radius 2 is 2.00 bits per heavy atom. The van der Waals surface area contributed by atoms with Crippen molar-refractivity contribution in [2.75, 3.05) is 33.4 Å². The monoisotopic (exact) mass is 298 g/mol. The molecule has 2 heterocycles. The average Bonchev–Trinajstić information content (AvgIpc) is 3.09. The molecule has 0 atom stereocenters. The summed E-state index contributed by atoms with van der Waals surface area (Å²) in [6.45, 7) is 4.10. The molecule has 0 amide bonds. The third-order valence-corrected chi connectivity index (χ3v) is 3.99. The summed E-state index contributed by atoms with van der Waals surface area (Å²) in [5, 5.41) is 0. The van der Waals surface area contributed by atoms with E-state index in [9.17, 15) is 0 Å². The van der Waals surface area contributed by atoms with Gasteiger partial charge in [-0.1, -0.05) is 6.07 Å². The van der Waals surface area contributed by atoms with Crippen LogP contribution < -0.4 is 9.47 Å². The van der Waals surface area contributed by atoms with Crippen molar-refractivity contribution in [1.29, 1.82) is 0 Å². The molecule has 0 saturated carbocycles. The average molecular weight is 298 g/mol. The molecule has 2 aromatic rings. The predicted molar refractivity (Wildman–Crippen MR) is 87.4 cm³/mol. The van der Waals surface area contributed by atoms with Gasteiger partial charge in [-0.2, -0.15) is 0 Å². The number of benzene rings is 1. The molecule has 1 saturated heterocycles. The first-order chi connectivity index (χ1) is 10.9.